The predicted octanol–water partition coefficient (Wildman–Crippen LogP) is 5.02. The summed E-state index contributed by atoms with van der Waals surface area (Å²) in [5.74, 6) is 0.980. The van der Waals surface area contributed by atoms with Gasteiger partial charge in [0.05, 0.1) is 10.4 Å². The summed E-state index contributed by atoms with van der Waals surface area (Å²) >= 11 is 1.60. The van der Waals surface area contributed by atoms with Crippen LogP contribution in [0.3, 0.4) is 0 Å². The Morgan fingerprint density at radius 1 is 1.04 bits per heavy atom. The molecule has 2 aromatic carbocycles. The van der Waals surface area contributed by atoms with E-state index in [0.29, 0.717) is 6.61 Å². The normalized spacial score (nSPS) is 14.1. The van der Waals surface area contributed by atoms with Crippen LogP contribution >= 0.6 is 11.3 Å². The number of likely N-dealkylation sites (tertiary alicyclic amines) is 1. The van der Waals surface area contributed by atoms with Crippen molar-refractivity contribution in [1.29, 1.82) is 0 Å². The molecule has 1 aliphatic heterocycles. The number of carbonyl (C=O) groups is 1. The number of rotatable bonds is 5. The van der Waals surface area contributed by atoms with Gasteiger partial charge in [0.25, 0.3) is 5.91 Å². The summed E-state index contributed by atoms with van der Waals surface area (Å²) in [5, 5.41) is 0. The second-order valence-corrected chi connectivity index (χ2v) is 7.59. The van der Waals surface area contributed by atoms with Gasteiger partial charge in [-0.3, -0.25) is 9.78 Å². The molecule has 1 amide bonds. The third-order valence-electron chi connectivity index (χ3n) is 4.82. The average molecular weight is 378 g/mol. The lowest BCUT2D eigenvalue weighted by Gasteiger charge is -2.26. The highest BCUT2D eigenvalue weighted by Crippen LogP contribution is 2.32. The van der Waals surface area contributed by atoms with Gasteiger partial charge in [-0.2, -0.15) is 0 Å². The van der Waals surface area contributed by atoms with E-state index in [1.165, 1.54) is 6.42 Å². The van der Waals surface area contributed by atoms with Gasteiger partial charge in [0.15, 0.2) is 0 Å². The van der Waals surface area contributed by atoms with Crippen molar-refractivity contribution in [2.75, 3.05) is 13.1 Å². The largest absolute Gasteiger partial charge is 0.488 e. The number of nitrogens with zero attached hydrogens (tertiary/aromatic N) is 2. The van der Waals surface area contributed by atoms with Gasteiger partial charge in [0, 0.05) is 30.4 Å². The summed E-state index contributed by atoms with van der Waals surface area (Å²) in [5.41, 5.74) is 4.68. The molecule has 0 bridgehead atoms. The number of piperidine rings is 1. The molecule has 0 radical (unpaired) electrons. The molecule has 0 spiro atoms. The van der Waals surface area contributed by atoms with E-state index in [1.807, 2.05) is 65.1 Å². The first-order valence-corrected chi connectivity index (χ1v) is 10.2. The first-order chi connectivity index (χ1) is 13.3. The summed E-state index contributed by atoms with van der Waals surface area (Å²) < 4.78 is 6.05. The van der Waals surface area contributed by atoms with Crippen molar-refractivity contribution >= 4 is 17.2 Å². The number of benzene rings is 2. The second kappa shape index (κ2) is 8.35. The van der Waals surface area contributed by atoms with E-state index in [-0.39, 0.29) is 5.91 Å². The van der Waals surface area contributed by atoms with E-state index in [2.05, 4.69) is 4.98 Å². The van der Waals surface area contributed by atoms with E-state index in [1.54, 1.807) is 11.3 Å². The number of ether oxygens (including phenoxy) is 1. The quantitative estimate of drug-likeness (QED) is 0.626. The number of amides is 1. The molecule has 0 saturated carbocycles. The number of hydrogen-bond donors (Lipinski definition) is 0. The first kappa shape index (κ1) is 17.7. The average Bonchev–Trinajstić information content (AvgIpc) is 3.28. The van der Waals surface area contributed by atoms with Crippen LogP contribution in [0.2, 0.25) is 0 Å². The molecule has 1 aromatic heterocycles. The molecule has 0 atom stereocenters. The lowest BCUT2D eigenvalue weighted by Crippen LogP contribution is -2.35. The van der Waals surface area contributed by atoms with Crippen LogP contribution in [0.1, 0.15) is 35.2 Å². The molecule has 1 saturated heterocycles. The summed E-state index contributed by atoms with van der Waals surface area (Å²) in [4.78, 5) is 19.8. The minimum atomic E-state index is 0.137. The Hall–Kier alpha value is -2.66. The Kier molecular flexibility index (Phi) is 5.49. The minimum Gasteiger partial charge on any atom is -0.488 e. The fourth-order valence-electron chi connectivity index (χ4n) is 3.33. The van der Waals surface area contributed by atoms with Gasteiger partial charge in [0.1, 0.15) is 12.4 Å². The summed E-state index contributed by atoms with van der Waals surface area (Å²) in [6.45, 7) is 2.21. The molecule has 0 N–H and O–H groups in total. The van der Waals surface area contributed by atoms with Crippen LogP contribution in [0.15, 0.2) is 60.2 Å². The van der Waals surface area contributed by atoms with Crippen molar-refractivity contribution in [3.05, 3.63) is 71.4 Å². The van der Waals surface area contributed by atoms with Gasteiger partial charge in [-0.1, -0.05) is 24.3 Å². The zero-order valence-electron chi connectivity index (χ0n) is 15.1. The Labute approximate surface area is 163 Å². The van der Waals surface area contributed by atoms with Crippen LogP contribution in [-0.2, 0) is 6.61 Å². The van der Waals surface area contributed by atoms with Gasteiger partial charge in [-0.25, -0.2) is 0 Å². The molecule has 1 fully saturated rings. The van der Waals surface area contributed by atoms with Crippen LogP contribution in [-0.4, -0.2) is 28.9 Å². The zero-order valence-corrected chi connectivity index (χ0v) is 16.0. The van der Waals surface area contributed by atoms with Gasteiger partial charge in [0.2, 0.25) is 0 Å². The molecule has 5 heteroatoms. The molecule has 2 heterocycles. The highest BCUT2D eigenvalue weighted by Gasteiger charge is 2.17. The van der Waals surface area contributed by atoms with E-state index in [0.717, 1.165) is 53.2 Å². The molecule has 3 aromatic rings. The van der Waals surface area contributed by atoms with E-state index in [4.69, 9.17) is 4.74 Å². The summed E-state index contributed by atoms with van der Waals surface area (Å²) in [6.07, 6.45) is 5.30. The lowest BCUT2D eigenvalue weighted by molar-refractivity contribution is 0.0724. The van der Waals surface area contributed by atoms with Crippen molar-refractivity contribution in [2.45, 2.75) is 25.9 Å². The van der Waals surface area contributed by atoms with Crippen molar-refractivity contribution in [2.24, 2.45) is 0 Å². The predicted molar refractivity (Wildman–Crippen MR) is 108 cm³/mol. The molecule has 4 nitrogen and oxygen atoms in total. The lowest BCUT2D eigenvalue weighted by atomic mass is 10.1. The van der Waals surface area contributed by atoms with Crippen LogP contribution in [0, 0.1) is 0 Å². The van der Waals surface area contributed by atoms with Crippen LogP contribution in [0.4, 0.5) is 0 Å². The highest BCUT2D eigenvalue weighted by atomic mass is 32.1. The smallest absolute Gasteiger partial charge is 0.253 e. The van der Waals surface area contributed by atoms with Gasteiger partial charge < -0.3 is 9.64 Å². The Morgan fingerprint density at radius 2 is 1.81 bits per heavy atom. The molecule has 27 heavy (non-hydrogen) atoms. The SMILES string of the molecule is O=C(c1ccc(COc2ccccc2-c2cncs2)cc1)N1CCCCC1. The molecule has 0 unspecified atom stereocenters. The zero-order chi connectivity index (χ0) is 18.5. The molecule has 4 rings (SSSR count). The third kappa shape index (κ3) is 4.19. The maximum Gasteiger partial charge on any atom is 0.253 e. The fraction of sp³-hybridized carbons (Fsp3) is 0.273. The molecule has 0 aliphatic carbocycles. The van der Waals surface area contributed by atoms with Gasteiger partial charge >= 0.3 is 0 Å². The molecular weight excluding hydrogens is 356 g/mol. The number of aromatic nitrogens is 1. The number of thiazole rings is 1. The maximum atomic E-state index is 12.6. The molecule has 138 valence electrons. The topological polar surface area (TPSA) is 42.4 Å². The molecular formula is C22H22N2O2S. The number of carbonyl (C=O) groups excluding carboxylic acids is 1. The Bertz CT molecular complexity index is 885. The number of para-hydroxylation sites is 1. The summed E-state index contributed by atoms with van der Waals surface area (Å²) in [7, 11) is 0. The van der Waals surface area contributed by atoms with Crippen LogP contribution in [0.25, 0.3) is 10.4 Å². The van der Waals surface area contributed by atoms with Gasteiger partial charge in [-0.05, 0) is 49.1 Å². The highest BCUT2D eigenvalue weighted by molar-refractivity contribution is 7.13. The maximum absolute atomic E-state index is 12.6. The van der Waals surface area contributed by atoms with Crippen molar-refractivity contribution in [1.82, 2.24) is 9.88 Å². The van der Waals surface area contributed by atoms with E-state index >= 15 is 0 Å². The number of hydrogen-bond acceptors (Lipinski definition) is 4. The standard InChI is InChI=1S/C22H22N2O2S/c25-22(24-12-4-1-5-13-24)18-10-8-17(9-11-18)15-26-20-7-3-2-6-19(20)21-14-23-16-27-21/h2-3,6-11,14,16H,1,4-5,12-13,15H2. The van der Waals surface area contributed by atoms with E-state index < -0.39 is 0 Å². The summed E-state index contributed by atoms with van der Waals surface area (Å²) in [6, 6.07) is 15.8. The molecule has 1 aliphatic rings. The second-order valence-electron chi connectivity index (χ2n) is 6.70. The monoisotopic (exact) mass is 378 g/mol. The Balaban J connectivity index is 1.42. The van der Waals surface area contributed by atoms with Crippen molar-refractivity contribution in [3.63, 3.8) is 0 Å². The third-order valence-corrected chi connectivity index (χ3v) is 5.63. The first-order valence-electron chi connectivity index (χ1n) is 9.30. The van der Waals surface area contributed by atoms with Crippen LogP contribution < -0.4 is 4.74 Å². The van der Waals surface area contributed by atoms with Crippen molar-refractivity contribution < 1.29 is 9.53 Å². The van der Waals surface area contributed by atoms with E-state index in [9.17, 15) is 4.79 Å². The van der Waals surface area contributed by atoms with Crippen LogP contribution in [0.5, 0.6) is 5.75 Å². The van der Waals surface area contributed by atoms with Gasteiger partial charge in [-0.15, -0.1) is 11.3 Å². The Morgan fingerprint density at radius 3 is 2.56 bits per heavy atom. The fourth-order valence-corrected chi connectivity index (χ4v) is 3.98. The van der Waals surface area contributed by atoms with Crippen molar-refractivity contribution in [3.8, 4) is 16.2 Å². The minimum absolute atomic E-state index is 0.137.